The molecule has 0 N–H and O–H groups in total. The normalized spacial score (nSPS) is 13.5. The van der Waals surface area contributed by atoms with Crippen molar-refractivity contribution in [1.82, 2.24) is 0 Å². The summed E-state index contributed by atoms with van der Waals surface area (Å²) in [6.45, 7) is 8.99. The first-order chi connectivity index (χ1) is 7.43. The lowest BCUT2D eigenvalue weighted by atomic mass is 10.1. The predicted octanol–water partition coefficient (Wildman–Crippen LogP) is 2.08. The molecule has 4 heteroatoms. The van der Waals surface area contributed by atoms with Crippen LogP contribution in [-0.4, -0.2) is 24.6 Å². The fourth-order valence-corrected chi connectivity index (χ4v) is 1.01. The van der Waals surface area contributed by atoms with Crippen LogP contribution in [0.3, 0.4) is 0 Å². The molecule has 0 aromatic heterocycles. The summed E-state index contributed by atoms with van der Waals surface area (Å²) in [5, 5.41) is 0. The molecule has 0 radical (unpaired) electrons. The molecule has 16 heavy (non-hydrogen) atoms. The Bertz CT molecular complexity index is 279. The van der Waals surface area contributed by atoms with Gasteiger partial charge in [-0.2, -0.15) is 0 Å². The standard InChI is InChI=1S/C12H20O4/c1-6-9(5)11(13)16-10(8(3)4)12(14)15-7-2/h6,8,10H,7H2,1-5H3/b9-6-. The molecule has 0 spiro atoms. The molecule has 0 heterocycles. The molecule has 0 amide bonds. The van der Waals surface area contributed by atoms with Crippen molar-refractivity contribution in [3.05, 3.63) is 11.6 Å². The van der Waals surface area contributed by atoms with E-state index in [1.165, 1.54) is 0 Å². The van der Waals surface area contributed by atoms with Gasteiger partial charge >= 0.3 is 11.9 Å². The average molecular weight is 228 g/mol. The number of carbonyl (C=O) groups is 2. The molecule has 0 aliphatic carbocycles. The van der Waals surface area contributed by atoms with Gasteiger partial charge in [0.1, 0.15) is 0 Å². The molecule has 0 saturated heterocycles. The van der Waals surface area contributed by atoms with E-state index in [4.69, 9.17) is 9.47 Å². The third-order valence-electron chi connectivity index (χ3n) is 2.11. The lowest BCUT2D eigenvalue weighted by molar-refractivity contribution is -0.168. The van der Waals surface area contributed by atoms with E-state index in [1.54, 1.807) is 40.7 Å². The SMILES string of the molecule is C/C=C(/C)C(=O)OC(C(=O)OCC)C(C)C. The molecule has 0 aliphatic heterocycles. The second kappa shape index (κ2) is 7.04. The van der Waals surface area contributed by atoms with Crippen molar-refractivity contribution in [2.75, 3.05) is 6.61 Å². The van der Waals surface area contributed by atoms with Crippen molar-refractivity contribution in [1.29, 1.82) is 0 Å². The van der Waals surface area contributed by atoms with Gasteiger partial charge in [-0.1, -0.05) is 19.9 Å². The second-order valence-electron chi connectivity index (χ2n) is 3.79. The van der Waals surface area contributed by atoms with Crippen LogP contribution in [0, 0.1) is 5.92 Å². The summed E-state index contributed by atoms with van der Waals surface area (Å²) >= 11 is 0. The lowest BCUT2D eigenvalue weighted by Crippen LogP contribution is -2.34. The molecular formula is C12H20O4. The van der Waals surface area contributed by atoms with Gasteiger partial charge in [0.15, 0.2) is 0 Å². The van der Waals surface area contributed by atoms with Gasteiger partial charge in [-0.15, -0.1) is 0 Å². The maximum absolute atomic E-state index is 11.5. The highest BCUT2D eigenvalue weighted by atomic mass is 16.6. The third-order valence-corrected chi connectivity index (χ3v) is 2.11. The summed E-state index contributed by atoms with van der Waals surface area (Å²) in [5.41, 5.74) is 0.481. The van der Waals surface area contributed by atoms with E-state index in [9.17, 15) is 9.59 Å². The second-order valence-corrected chi connectivity index (χ2v) is 3.79. The first-order valence-corrected chi connectivity index (χ1v) is 5.44. The van der Waals surface area contributed by atoms with Crippen LogP contribution in [0.5, 0.6) is 0 Å². The minimum absolute atomic E-state index is 0.104. The Morgan fingerprint density at radius 3 is 2.25 bits per heavy atom. The molecule has 1 atom stereocenters. The average Bonchev–Trinajstić information content (AvgIpc) is 2.23. The molecular weight excluding hydrogens is 208 g/mol. The Hall–Kier alpha value is -1.32. The summed E-state index contributed by atoms with van der Waals surface area (Å²) in [7, 11) is 0. The molecule has 1 unspecified atom stereocenters. The van der Waals surface area contributed by atoms with Crippen LogP contribution in [-0.2, 0) is 19.1 Å². The zero-order valence-corrected chi connectivity index (χ0v) is 10.6. The minimum Gasteiger partial charge on any atom is -0.463 e. The van der Waals surface area contributed by atoms with E-state index in [0.717, 1.165) is 0 Å². The van der Waals surface area contributed by atoms with Crippen molar-refractivity contribution in [3.63, 3.8) is 0 Å². The Morgan fingerprint density at radius 2 is 1.88 bits per heavy atom. The molecule has 4 nitrogen and oxygen atoms in total. The van der Waals surface area contributed by atoms with E-state index >= 15 is 0 Å². The number of esters is 2. The number of rotatable bonds is 5. The molecule has 92 valence electrons. The van der Waals surface area contributed by atoms with Crippen molar-refractivity contribution in [3.8, 4) is 0 Å². The van der Waals surface area contributed by atoms with Gasteiger partial charge in [0.05, 0.1) is 6.61 Å². The lowest BCUT2D eigenvalue weighted by Gasteiger charge is -2.19. The maximum atomic E-state index is 11.5. The van der Waals surface area contributed by atoms with Gasteiger partial charge in [-0.3, -0.25) is 0 Å². The first-order valence-electron chi connectivity index (χ1n) is 5.44. The topological polar surface area (TPSA) is 52.6 Å². The van der Waals surface area contributed by atoms with Crippen molar-refractivity contribution >= 4 is 11.9 Å². The van der Waals surface area contributed by atoms with Crippen LogP contribution in [0.2, 0.25) is 0 Å². The molecule has 0 bridgehead atoms. The zero-order valence-electron chi connectivity index (χ0n) is 10.6. The summed E-state index contributed by atoms with van der Waals surface area (Å²) in [6, 6.07) is 0. The number of carbonyl (C=O) groups excluding carboxylic acids is 2. The molecule has 0 fully saturated rings. The van der Waals surface area contributed by atoms with E-state index in [-0.39, 0.29) is 12.5 Å². The number of allylic oxidation sites excluding steroid dienone is 1. The van der Waals surface area contributed by atoms with E-state index in [2.05, 4.69) is 0 Å². The van der Waals surface area contributed by atoms with E-state index in [1.807, 2.05) is 0 Å². The van der Waals surface area contributed by atoms with E-state index in [0.29, 0.717) is 5.57 Å². The molecule has 0 saturated carbocycles. The van der Waals surface area contributed by atoms with E-state index < -0.39 is 18.0 Å². The van der Waals surface area contributed by atoms with Crippen LogP contribution < -0.4 is 0 Å². The first kappa shape index (κ1) is 14.7. The number of hydrogen-bond acceptors (Lipinski definition) is 4. The van der Waals surface area contributed by atoms with Crippen LogP contribution in [0.15, 0.2) is 11.6 Å². The van der Waals surface area contributed by atoms with Gasteiger partial charge in [-0.05, 0) is 20.8 Å². The van der Waals surface area contributed by atoms with Gasteiger partial charge in [0.2, 0.25) is 6.10 Å². The molecule has 0 aliphatic rings. The Labute approximate surface area is 96.6 Å². The Morgan fingerprint density at radius 1 is 1.31 bits per heavy atom. The van der Waals surface area contributed by atoms with Gasteiger partial charge < -0.3 is 9.47 Å². The highest BCUT2D eigenvalue weighted by Crippen LogP contribution is 2.11. The number of hydrogen-bond donors (Lipinski definition) is 0. The van der Waals surface area contributed by atoms with Crippen LogP contribution in [0.4, 0.5) is 0 Å². The van der Waals surface area contributed by atoms with Crippen LogP contribution in [0.1, 0.15) is 34.6 Å². The Balaban J connectivity index is 4.58. The predicted molar refractivity (Wildman–Crippen MR) is 60.8 cm³/mol. The van der Waals surface area contributed by atoms with Crippen molar-refractivity contribution in [2.24, 2.45) is 5.92 Å². The highest BCUT2D eigenvalue weighted by Gasteiger charge is 2.27. The maximum Gasteiger partial charge on any atom is 0.347 e. The monoisotopic (exact) mass is 228 g/mol. The number of ether oxygens (including phenoxy) is 2. The smallest absolute Gasteiger partial charge is 0.347 e. The van der Waals surface area contributed by atoms with Crippen LogP contribution in [0.25, 0.3) is 0 Å². The fourth-order valence-electron chi connectivity index (χ4n) is 1.01. The van der Waals surface area contributed by atoms with Crippen LogP contribution >= 0.6 is 0 Å². The zero-order chi connectivity index (χ0) is 12.7. The van der Waals surface area contributed by atoms with Gasteiger partial charge in [0, 0.05) is 11.5 Å². The van der Waals surface area contributed by atoms with Gasteiger partial charge in [0.25, 0.3) is 0 Å². The summed E-state index contributed by atoms with van der Waals surface area (Å²) in [4.78, 5) is 23.0. The van der Waals surface area contributed by atoms with Gasteiger partial charge in [-0.25, -0.2) is 9.59 Å². The summed E-state index contributed by atoms with van der Waals surface area (Å²) in [6.07, 6.45) is 0.813. The van der Waals surface area contributed by atoms with Crippen molar-refractivity contribution in [2.45, 2.75) is 40.7 Å². The Kier molecular flexibility index (Phi) is 6.46. The molecule has 0 rings (SSSR count). The largest absolute Gasteiger partial charge is 0.463 e. The third kappa shape index (κ3) is 4.47. The summed E-state index contributed by atoms with van der Waals surface area (Å²) < 4.78 is 9.94. The summed E-state index contributed by atoms with van der Waals surface area (Å²) in [5.74, 6) is -1.07. The fraction of sp³-hybridized carbons (Fsp3) is 0.667. The molecule has 0 aromatic rings. The quantitative estimate of drug-likeness (QED) is 0.534. The highest BCUT2D eigenvalue weighted by molar-refractivity contribution is 5.90. The molecule has 0 aromatic carbocycles. The minimum atomic E-state index is -0.831. The van der Waals surface area contributed by atoms with Crippen molar-refractivity contribution < 1.29 is 19.1 Å².